The minimum atomic E-state index is 0.552. The highest BCUT2D eigenvalue weighted by atomic mass is 16.3. The van der Waals surface area contributed by atoms with Gasteiger partial charge in [0.1, 0.15) is 5.58 Å². The number of fused-ring (bicyclic) bond motifs is 3. The molecular formula is C23H23NO. The van der Waals surface area contributed by atoms with Crippen molar-refractivity contribution in [2.24, 2.45) is 0 Å². The molecule has 5 rings (SSSR count). The van der Waals surface area contributed by atoms with Crippen molar-refractivity contribution >= 4 is 16.5 Å². The van der Waals surface area contributed by atoms with Gasteiger partial charge in [0, 0.05) is 29.6 Å². The highest BCUT2D eigenvalue weighted by Gasteiger charge is 2.34. The summed E-state index contributed by atoms with van der Waals surface area (Å²) >= 11 is 0. The van der Waals surface area contributed by atoms with Gasteiger partial charge in [0.25, 0.3) is 0 Å². The Hall–Kier alpha value is -2.32. The van der Waals surface area contributed by atoms with Crippen LogP contribution in [0.25, 0.3) is 16.5 Å². The summed E-state index contributed by atoms with van der Waals surface area (Å²) < 4.78 is 5.79. The third kappa shape index (κ3) is 2.71. The first-order chi connectivity index (χ1) is 12.4. The minimum absolute atomic E-state index is 0.552. The fourth-order valence-electron chi connectivity index (χ4n) is 4.58. The maximum absolute atomic E-state index is 5.79. The first kappa shape index (κ1) is 15.0. The smallest absolute Gasteiger partial charge is 0.134 e. The molecule has 2 aliphatic heterocycles. The Morgan fingerprint density at radius 1 is 0.960 bits per heavy atom. The van der Waals surface area contributed by atoms with Crippen LogP contribution in [-0.4, -0.2) is 17.0 Å². The van der Waals surface area contributed by atoms with Crippen molar-refractivity contribution in [2.75, 3.05) is 0 Å². The highest BCUT2D eigenvalue weighted by Crippen LogP contribution is 2.40. The number of nitrogens with zero attached hydrogens (tertiary/aromatic N) is 1. The van der Waals surface area contributed by atoms with Crippen molar-refractivity contribution < 1.29 is 4.42 Å². The molecule has 1 fully saturated rings. The Bertz CT molecular complexity index is 908. The lowest BCUT2D eigenvalue weighted by molar-refractivity contribution is 0.0951. The largest absolute Gasteiger partial charge is 0.464 e. The molecule has 2 nitrogen and oxygen atoms in total. The summed E-state index contributed by atoms with van der Waals surface area (Å²) in [7, 11) is 0. The van der Waals surface area contributed by atoms with Crippen LogP contribution in [0.15, 0.2) is 71.4 Å². The predicted octanol–water partition coefficient (Wildman–Crippen LogP) is 5.64. The summed E-state index contributed by atoms with van der Waals surface area (Å²) in [5, 5.41) is 1.25. The zero-order chi connectivity index (χ0) is 16.6. The van der Waals surface area contributed by atoms with Gasteiger partial charge in [-0.3, -0.25) is 4.90 Å². The maximum atomic E-state index is 5.79. The van der Waals surface area contributed by atoms with Gasteiger partial charge in [-0.15, -0.1) is 0 Å². The average Bonchev–Trinajstić information content (AvgIpc) is 3.06. The number of piperidine rings is 1. The summed E-state index contributed by atoms with van der Waals surface area (Å²) in [6, 6.07) is 20.5. The third-order valence-electron chi connectivity index (χ3n) is 5.82. The van der Waals surface area contributed by atoms with Crippen LogP contribution >= 0.6 is 0 Å². The van der Waals surface area contributed by atoms with Crippen LogP contribution in [0.1, 0.15) is 36.8 Å². The highest BCUT2D eigenvalue weighted by molar-refractivity contribution is 5.91. The fourth-order valence-corrected chi connectivity index (χ4v) is 4.58. The van der Waals surface area contributed by atoms with E-state index < -0.39 is 0 Å². The molecule has 1 aromatic heterocycles. The molecule has 3 heterocycles. The maximum Gasteiger partial charge on any atom is 0.134 e. The van der Waals surface area contributed by atoms with Crippen LogP contribution < -0.4 is 0 Å². The van der Waals surface area contributed by atoms with Crippen LogP contribution in [0, 0.1) is 0 Å². The van der Waals surface area contributed by atoms with E-state index in [2.05, 4.69) is 59.5 Å². The molecule has 2 atom stereocenters. The van der Waals surface area contributed by atoms with Gasteiger partial charge >= 0.3 is 0 Å². The number of rotatable bonds is 3. The molecule has 0 amide bonds. The van der Waals surface area contributed by atoms with Gasteiger partial charge in [-0.25, -0.2) is 0 Å². The first-order valence-corrected chi connectivity index (χ1v) is 9.35. The lowest BCUT2D eigenvalue weighted by Gasteiger charge is -2.45. The zero-order valence-electron chi connectivity index (χ0n) is 14.4. The Balaban J connectivity index is 1.48. The van der Waals surface area contributed by atoms with Crippen molar-refractivity contribution in [3.05, 3.63) is 78.1 Å². The molecule has 1 saturated heterocycles. The van der Waals surface area contributed by atoms with E-state index in [0.717, 1.165) is 18.5 Å². The van der Waals surface area contributed by atoms with Gasteiger partial charge in [-0.1, -0.05) is 61.0 Å². The molecule has 2 unspecified atom stereocenters. The van der Waals surface area contributed by atoms with E-state index in [1.54, 1.807) is 0 Å². The van der Waals surface area contributed by atoms with Crippen molar-refractivity contribution in [1.29, 1.82) is 0 Å². The van der Waals surface area contributed by atoms with Crippen LogP contribution in [0.4, 0.5) is 0 Å². The molecule has 25 heavy (non-hydrogen) atoms. The molecule has 0 spiro atoms. The summed E-state index contributed by atoms with van der Waals surface area (Å²) in [6.45, 7) is 1.06. The molecule has 0 radical (unpaired) electrons. The lowest BCUT2D eigenvalue weighted by Crippen LogP contribution is -2.47. The average molecular weight is 329 g/mol. The molecule has 0 saturated carbocycles. The normalized spacial score (nSPS) is 23.6. The standard InChI is InChI=1S/C23H23NO/c1-2-7-17(8-3-1)15-24-19-9-6-10-20(24)14-18(13-19)22-16-25-23-12-5-4-11-21(22)23/h1-5,7-8,11-13,16,19-20H,6,9-10,14-15H2. The first-order valence-electron chi connectivity index (χ1n) is 9.35. The Morgan fingerprint density at radius 3 is 2.68 bits per heavy atom. The van der Waals surface area contributed by atoms with Crippen molar-refractivity contribution in [3.63, 3.8) is 0 Å². The second kappa shape index (κ2) is 6.20. The fraction of sp³-hybridized carbons (Fsp3) is 0.304. The van der Waals surface area contributed by atoms with Gasteiger partial charge in [0.05, 0.1) is 6.26 Å². The van der Waals surface area contributed by atoms with E-state index in [-0.39, 0.29) is 0 Å². The van der Waals surface area contributed by atoms with E-state index in [9.17, 15) is 0 Å². The van der Waals surface area contributed by atoms with E-state index >= 15 is 0 Å². The number of benzene rings is 2. The van der Waals surface area contributed by atoms with Gasteiger partial charge in [0.15, 0.2) is 0 Å². The lowest BCUT2D eigenvalue weighted by atomic mass is 9.82. The Kier molecular flexibility index (Phi) is 3.71. The molecule has 2 bridgehead atoms. The third-order valence-corrected chi connectivity index (χ3v) is 5.82. The van der Waals surface area contributed by atoms with Crippen molar-refractivity contribution in [1.82, 2.24) is 4.90 Å². The molecular weight excluding hydrogens is 306 g/mol. The van der Waals surface area contributed by atoms with E-state index in [1.165, 1.54) is 41.3 Å². The summed E-state index contributed by atoms with van der Waals surface area (Å²) in [6.07, 6.45) is 9.51. The zero-order valence-corrected chi connectivity index (χ0v) is 14.4. The van der Waals surface area contributed by atoms with Crippen LogP contribution in [0.2, 0.25) is 0 Å². The van der Waals surface area contributed by atoms with Gasteiger partial charge in [-0.05, 0) is 36.5 Å². The van der Waals surface area contributed by atoms with Crippen LogP contribution in [-0.2, 0) is 6.54 Å². The molecule has 0 aliphatic carbocycles. The van der Waals surface area contributed by atoms with Crippen molar-refractivity contribution in [3.8, 4) is 0 Å². The summed E-state index contributed by atoms with van der Waals surface area (Å²) in [4.78, 5) is 2.71. The van der Waals surface area contributed by atoms with E-state index in [1.807, 2.05) is 12.3 Å². The van der Waals surface area contributed by atoms with Crippen LogP contribution in [0.3, 0.4) is 0 Å². The number of hydrogen-bond acceptors (Lipinski definition) is 2. The Labute approximate surface area is 148 Å². The molecule has 2 aromatic carbocycles. The molecule has 3 aromatic rings. The molecule has 0 N–H and O–H groups in total. The van der Waals surface area contributed by atoms with E-state index in [0.29, 0.717) is 12.1 Å². The van der Waals surface area contributed by atoms with Gasteiger partial charge in [0.2, 0.25) is 0 Å². The Morgan fingerprint density at radius 2 is 1.80 bits per heavy atom. The van der Waals surface area contributed by atoms with Crippen LogP contribution in [0.5, 0.6) is 0 Å². The molecule has 2 heteroatoms. The van der Waals surface area contributed by atoms with Crippen molar-refractivity contribution in [2.45, 2.75) is 44.3 Å². The predicted molar refractivity (Wildman–Crippen MR) is 102 cm³/mol. The van der Waals surface area contributed by atoms with Gasteiger partial charge in [-0.2, -0.15) is 0 Å². The molecule has 126 valence electrons. The summed E-state index contributed by atoms with van der Waals surface area (Å²) in [5.41, 5.74) is 5.19. The quantitative estimate of drug-likeness (QED) is 0.618. The van der Waals surface area contributed by atoms with Gasteiger partial charge < -0.3 is 4.42 Å². The van der Waals surface area contributed by atoms with E-state index in [4.69, 9.17) is 4.42 Å². The topological polar surface area (TPSA) is 16.4 Å². The molecule has 2 aliphatic rings. The second-order valence-electron chi connectivity index (χ2n) is 7.35. The second-order valence-corrected chi connectivity index (χ2v) is 7.35. The summed E-state index contributed by atoms with van der Waals surface area (Å²) in [5.74, 6) is 0. The minimum Gasteiger partial charge on any atom is -0.464 e. The number of hydrogen-bond donors (Lipinski definition) is 0. The SMILES string of the molecule is C1=C(c2coc3ccccc23)CC2CCCC1N2Cc1ccccc1. The number of furan rings is 1. The number of para-hydroxylation sites is 1. The monoisotopic (exact) mass is 329 g/mol.